The minimum atomic E-state index is -0.0919. The van der Waals surface area contributed by atoms with Gasteiger partial charge >= 0.3 is 0 Å². The summed E-state index contributed by atoms with van der Waals surface area (Å²) >= 11 is 1.52. The molecule has 0 unspecified atom stereocenters. The van der Waals surface area contributed by atoms with Crippen LogP contribution in [0.5, 0.6) is 0 Å². The Morgan fingerprint density at radius 2 is 2.13 bits per heavy atom. The summed E-state index contributed by atoms with van der Waals surface area (Å²) in [7, 11) is 0. The SMILES string of the molecule is O=C(NCc1cncs1)c1ccncc1. The molecule has 2 aromatic heterocycles. The number of pyridine rings is 1. The highest BCUT2D eigenvalue weighted by Gasteiger charge is 2.04. The summed E-state index contributed by atoms with van der Waals surface area (Å²) in [5.74, 6) is -0.0919. The first-order chi connectivity index (χ1) is 7.36. The van der Waals surface area contributed by atoms with E-state index in [9.17, 15) is 4.79 Å². The van der Waals surface area contributed by atoms with E-state index in [4.69, 9.17) is 0 Å². The van der Waals surface area contributed by atoms with E-state index in [1.807, 2.05) is 0 Å². The third-order valence-electron chi connectivity index (χ3n) is 1.85. The fraction of sp³-hybridized carbons (Fsp3) is 0.100. The predicted octanol–water partition coefficient (Wildman–Crippen LogP) is 1.47. The van der Waals surface area contributed by atoms with Crippen molar-refractivity contribution in [2.75, 3.05) is 0 Å². The van der Waals surface area contributed by atoms with Crippen LogP contribution >= 0.6 is 11.3 Å². The zero-order valence-corrected chi connectivity index (χ0v) is 8.70. The van der Waals surface area contributed by atoms with Gasteiger partial charge in [-0.1, -0.05) is 0 Å². The standard InChI is InChI=1S/C10H9N3OS/c14-10(8-1-3-11-4-2-8)13-6-9-5-12-7-15-9/h1-5,7H,6H2,(H,13,14). The largest absolute Gasteiger partial charge is 0.347 e. The van der Waals surface area contributed by atoms with E-state index in [0.29, 0.717) is 12.1 Å². The molecule has 1 N–H and O–H groups in total. The lowest BCUT2D eigenvalue weighted by Crippen LogP contribution is -2.22. The molecule has 0 saturated heterocycles. The monoisotopic (exact) mass is 219 g/mol. The zero-order valence-electron chi connectivity index (χ0n) is 7.88. The van der Waals surface area contributed by atoms with Crippen molar-refractivity contribution in [3.63, 3.8) is 0 Å². The second kappa shape index (κ2) is 4.65. The van der Waals surface area contributed by atoms with Gasteiger partial charge in [-0.2, -0.15) is 0 Å². The van der Waals surface area contributed by atoms with Gasteiger partial charge < -0.3 is 5.32 Å². The number of carbonyl (C=O) groups is 1. The molecule has 1 amide bonds. The van der Waals surface area contributed by atoms with Crippen LogP contribution in [-0.4, -0.2) is 15.9 Å². The normalized spacial score (nSPS) is 9.87. The van der Waals surface area contributed by atoms with Crippen molar-refractivity contribution in [2.45, 2.75) is 6.54 Å². The van der Waals surface area contributed by atoms with Gasteiger partial charge in [-0.25, -0.2) is 0 Å². The summed E-state index contributed by atoms with van der Waals surface area (Å²) in [6, 6.07) is 3.37. The molecular weight excluding hydrogens is 210 g/mol. The van der Waals surface area contributed by atoms with Crippen LogP contribution in [0.2, 0.25) is 0 Å². The minimum Gasteiger partial charge on any atom is -0.347 e. The van der Waals surface area contributed by atoms with Crippen LogP contribution in [0.4, 0.5) is 0 Å². The van der Waals surface area contributed by atoms with Crippen molar-refractivity contribution in [3.8, 4) is 0 Å². The fourth-order valence-electron chi connectivity index (χ4n) is 1.10. The molecule has 0 aliphatic heterocycles. The maximum atomic E-state index is 11.6. The lowest BCUT2D eigenvalue weighted by atomic mass is 10.2. The van der Waals surface area contributed by atoms with Gasteiger partial charge in [-0.05, 0) is 12.1 Å². The second-order valence-corrected chi connectivity index (χ2v) is 3.86. The van der Waals surface area contributed by atoms with Crippen molar-refractivity contribution in [1.29, 1.82) is 0 Å². The summed E-state index contributed by atoms with van der Waals surface area (Å²) in [5, 5.41) is 2.81. The molecule has 0 saturated carbocycles. The van der Waals surface area contributed by atoms with Gasteiger partial charge in [0.25, 0.3) is 5.91 Å². The summed E-state index contributed by atoms with van der Waals surface area (Å²) in [6.45, 7) is 0.520. The highest BCUT2D eigenvalue weighted by Crippen LogP contribution is 2.05. The van der Waals surface area contributed by atoms with Crippen LogP contribution in [0.3, 0.4) is 0 Å². The first-order valence-electron chi connectivity index (χ1n) is 4.42. The number of nitrogens with zero attached hydrogens (tertiary/aromatic N) is 2. The van der Waals surface area contributed by atoms with E-state index in [0.717, 1.165) is 4.88 Å². The molecule has 0 atom stereocenters. The molecule has 2 rings (SSSR count). The quantitative estimate of drug-likeness (QED) is 0.850. The molecule has 15 heavy (non-hydrogen) atoms. The van der Waals surface area contributed by atoms with Crippen LogP contribution in [-0.2, 0) is 6.54 Å². The summed E-state index contributed by atoms with van der Waals surface area (Å²) in [6.07, 6.45) is 4.95. The Morgan fingerprint density at radius 3 is 2.80 bits per heavy atom. The van der Waals surface area contributed by atoms with Gasteiger partial charge in [0.15, 0.2) is 0 Å². The van der Waals surface area contributed by atoms with Crippen LogP contribution in [0.15, 0.2) is 36.2 Å². The van der Waals surface area contributed by atoms with E-state index < -0.39 is 0 Å². The number of hydrogen-bond acceptors (Lipinski definition) is 4. The number of rotatable bonds is 3. The molecule has 76 valence electrons. The molecule has 5 heteroatoms. The zero-order chi connectivity index (χ0) is 10.5. The Hall–Kier alpha value is -1.75. The second-order valence-electron chi connectivity index (χ2n) is 2.89. The van der Waals surface area contributed by atoms with Crippen LogP contribution < -0.4 is 5.32 Å². The third kappa shape index (κ3) is 2.60. The lowest BCUT2D eigenvalue weighted by molar-refractivity contribution is 0.0951. The van der Waals surface area contributed by atoms with E-state index >= 15 is 0 Å². The maximum absolute atomic E-state index is 11.6. The highest BCUT2D eigenvalue weighted by atomic mass is 32.1. The van der Waals surface area contributed by atoms with Crippen LogP contribution in [0.1, 0.15) is 15.2 Å². The molecule has 0 bridgehead atoms. The number of nitrogens with one attached hydrogen (secondary N) is 1. The van der Waals surface area contributed by atoms with Crippen molar-refractivity contribution < 1.29 is 4.79 Å². The van der Waals surface area contributed by atoms with E-state index in [1.54, 1.807) is 36.2 Å². The molecule has 4 nitrogen and oxygen atoms in total. The van der Waals surface area contributed by atoms with Gasteiger partial charge in [0.1, 0.15) is 0 Å². The summed E-state index contributed by atoms with van der Waals surface area (Å²) in [4.78, 5) is 20.4. The Morgan fingerprint density at radius 1 is 1.33 bits per heavy atom. The smallest absolute Gasteiger partial charge is 0.251 e. The average Bonchev–Trinajstić information content (AvgIpc) is 2.80. The average molecular weight is 219 g/mol. The Kier molecular flexibility index (Phi) is 3.04. The maximum Gasteiger partial charge on any atom is 0.251 e. The molecule has 0 aromatic carbocycles. The number of carbonyl (C=O) groups excluding carboxylic acids is 1. The van der Waals surface area contributed by atoms with Crippen molar-refractivity contribution in [2.24, 2.45) is 0 Å². The number of aromatic nitrogens is 2. The molecule has 2 heterocycles. The Labute approximate surface area is 91.0 Å². The summed E-state index contributed by atoms with van der Waals surface area (Å²) < 4.78 is 0. The van der Waals surface area contributed by atoms with Crippen LogP contribution in [0.25, 0.3) is 0 Å². The molecule has 0 fully saturated rings. The fourth-order valence-corrected chi connectivity index (χ4v) is 1.64. The number of hydrogen-bond donors (Lipinski definition) is 1. The first-order valence-corrected chi connectivity index (χ1v) is 5.30. The van der Waals surface area contributed by atoms with Gasteiger partial charge in [0.2, 0.25) is 0 Å². The predicted molar refractivity (Wildman–Crippen MR) is 57.5 cm³/mol. The molecule has 0 aliphatic carbocycles. The molecule has 0 spiro atoms. The third-order valence-corrected chi connectivity index (χ3v) is 2.63. The van der Waals surface area contributed by atoms with Gasteiger partial charge in [-0.15, -0.1) is 11.3 Å². The first kappa shape index (κ1) is 9.79. The number of amides is 1. The van der Waals surface area contributed by atoms with Crippen LogP contribution in [0, 0.1) is 0 Å². The lowest BCUT2D eigenvalue weighted by Gasteiger charge is -2.02. The van der Waals surface area contributed by atoms with Gasteiger partial charge in [0.05, 0.1) is 12.1 Å². The summed E-state index contributed by atoms with van der Waals surface area (Å²) in [5.41, 5.74) is 2.36. The molecule has 2 aromatic rings. The highest BCUT2D eigenvalue weighted by molar-refractivity contribution is 7.09. The van der Waals surface area contributed by atoms with Gasteiger partial charge in [0, 0.05) is 29.0 Å². The van der Waals surface area contributed by atoms with Crippen molar-refractivity contribution >= 4 is 17.2 Å². The van der Waals surface area contributed by atoms with Gasteiger partial charge in [-0.3, -0.25) is 14.8 Å². The van der Waals surface area contributed by atoms with Crippen molar-refractivity contribution in [1.82, 2.24) is 15.3 Å². The van der Waals surface area contributed by atoms with E-state index in [2.05, 4.69) is 15.3 Å². The molecular formula is C10H9N3OS. The molecule has 0 aliphatic rings. The Bertz CT molecular complexity index is 427. The van der Waals surface area contributed by atoms with E-state index in [1.165, 1.54) is 11.3 Å². The van der Waals surface area contributed by atoms with Crippen molar-refractivity contribution in [3.05, 3.63) is 46.7 Å². The topological polar surface area (TPSA) is 54.9 Å². The van der Waals surface area contributed by atoms with E-state index in [-0.39, 0.29) is 5.91 Å². The minimum absolute atomic E-state index is 0.0919. The Balaban J connectivity index is 1.94. The number of thiazole rings is 1. The molecule has 0 radical (unpaired) electrons.